The van der Waals surface area contributed by atoms with Crippen molar-refractivity contribution in [2.75, 3.05) is 5.32 Å². The number of carbonyl (C=O) groups excluding carboxylic acids is 1. The van der Waals surface area contributed by atoms with Crippen molar-refractivity contribution in [2.45, 2.75) is 37.8 Å². The van der Waals surface area contributed by atoms with Gasteiger partial charge in [0.05, 0.1) is 11.7 Å². The highest BCUT2D eigenvalue weighted by molar-refractivity contribution is 7.90. The molecule has 0 spiro atoms. The number of carbonyl (C=O) groups is 1. The summed E-state index contributed by atoms with van der Waals surface area (Å²) < 4.78 is 29.1. The molecule has 1 amide bonds. The van der Waals surface area contributed by atoms with Crippen LogP contribution in [0.3, 0.4) is 0 Å². The molecule has 0 bridgehead atoms. The number of nitrogens with zero attached hydrogens (tertiary/aromatic N) is 2. The number of sulfonamides is 1. The van der Waals surface area contributed by atoms with Crippen LogP contribution in [0.25, 0.3) is 0 Å². The Balaban J connectivity index is 1.75. The highest BCUT2D eigenvalue weighted by Gasteiger charge is 2.43. The monoisotopic (exact) mass is 425 g/mol. The molecule has 1 unspecified atom stereocenters. The normalized spacial score (nSPS) is 20.2. The summed E-state index contributed by atoms with van der Waals surface area (Å²) in [6, 6.07) is 15.3. The van der Waals surface area contributed by atoms with Gasteiger partial charge in [0.2, 0.25) is 0 Å². The van der Waals surface area contributed by atoms with Crippen LogP contribution >= 0.6 is 0 Å². The lowest BCUT2D eigenvalue weighted by Crippen LogP contribution is -2.37. The van der Waals surface area contributed by atoms with E-state index in [1.807, 2.05) is 44.2 Å². The summed E-state index contributed by atoms with van der Waals surface area (Å²) >= 11 is 0. The van der Waals surface area contributed by atoms with Gasteiger partial charge in [-0.1, -0.05) is 56.3 Å². The Labute approximate surface area is 175 Å². The summed E-state index contributed by atoms with van der Waals surface area (Å²) in [4.78, 5) is 14.9. The second-order valence-corrected chi connectivity index (χ2v) is 9.43. The molecule has 8 heteroatoms. The minimum atomic E-state index is -3.98. The first kappa shape index (κ1) is 20.2. The third-order valence-electron chi connectivity index (χ3n) is 5.18. The van der Waals surface area contributed by atoms with Gasteiger partial charge >= 0.3 is 0 Å². The van der Waals surface area contributed by atoms with Gasteiger partial charge in [-0.05, 0) is 30.0 Å². The Hall–Kier alpha value is -3.13. The van der Waals surface area contributed by atoms with E-state index in [0.29, 0.717) is 18.7 Å². The molecular weight excluding hydrogens is 402 g/mol. The van der Waals surface area contributed by atoms with E-state index < -0.39 is 22.0 Å². The topological polar surface area (TPSA) is 99.1 Å². The maximum atomic E-state index is 13.3. The zero-order valence-corrected chi connectivity index (χ0v) is 17.6. The van der Waals surface area contributed by atoms with Gasteiger partial charge in [0.25, 0.3) is 15.9 Å². The van der Waals surface area contributed by atoms with Crippen LogP contribution in [0.15, 0.2) is 75.2 Å². The van der Waals surface area contributed by atoms with E-state index in [9.17, 15) is 18.3 Å². The Bertz CT molecular complexity index is 1150. The van der Waals surface area contributed by atoms with Gasteiger partial charge in [-0.2, -0.15) is 8.42 Å². The molecule has 2 aromatic rings. The lowest BCUT2D eigenvalue weighted by Gasteiger charge is -2.27. The predicted octanol–water partition coefficient (Wildman–Crippen LogP) is 3.47. The zero-order valence-electron chi connectivity index (χ0n) is 16.7. The van der Waals surface area contributed by atoms with Crippen LogP contribution in [-0.4, -0.2) is 36.2 Å². The van der Waals surface area contributed by atoms with E-state index in [1.54, 1.807) is 23.1 Å². The van der Waals surface area contributed by atoms with Crippen molar-refractivity contribution in [3.05, 3.63) is 71.5 Å². The lowest BCUT2D eigenvalue weighted by molar-refractivity contribution is -0.127. The number of para-hydroxylation sites is 1. The van der Waals surface area contributed by atoms with E-state index in [-0.39, 0.29) is 28.0 Å². The molecule has 0 fully saturated rings. The minimum absolute atomic E-state index is 0.0409. The van der Waals surface area contributed by atoms with Crippen LogP contribution in [0.5, 0.6) is 0 Å². The maximum Gasteiger partial charge on any atom is 0.286 e. The largest absolute Gasteiger partial charge is 0.509 e. The quantitative estimate of drug-likeness (QED) is 0.764. The second-order valence-electron chi connectivity index (χ2n) is 7.86. The van der Waals surface area contributed by atoms with Crippen LogP contribution < -0.4 is 5.32 Å². The molecule has 30 heavy (non-hydrogen) atoms. The molecule has 0 aliphatic carbocycles. The van der Waals surface area contributed by atoms with Crippen LogP contribution in [0.1, 0.15) is 25.8 Å². The number of aliphatic hydroxyl groups excluding tert-OH is 1. The van der Waals surface area contributed by atoms with Crippen molar-refractivity contribution in [1.29, 1.82) is 0 Å². The van der Waals surface area contributed by atoms with Gasteiger partial charge in [0, 0.05) is 6.54 Å². The number of nitrogens with one attached hydrogen (secondary N) is 1. The number of amides is 1. The average Bonchev–Trinajstić information content (AvgIpc) is 2.92. The van der Waals surface area contributed by atoms with Crippen LogP contribution in [0.2, 0.25) is 0 Å². The first-order valence-corrected chi connectivity index (χ1v) is 11.2. The number of hydrogen-bond donors (Lipinski definition) is 2. The van der Waals surface area contributed by atoms with Crippen molar-refractivity contribution in [3.8, 4) is 0 Å². The Kier molecular flexibility index (Phi) is 5.11. The average molecular weight is 426 g/mol. The predicted molar refractivity (Wildman–Crippen MR) is 115 cm³/mol. The van der Waals surface area contributed by atoms with Gasteiger partial charge in [0.1, 0.15) is 16.2 Å². The molecule has 2 aliphatic rings. The molecule has 2 aliphatic heterocycles. The number of benzene rings is 2. The van der Waals surface area contributed by atoms with Gasteiger partial charge < -0.3 is 15.3 Å². The van der Waals surface area contributed by atoms with Crippen molar-refractivity contribution < 1.29 is 18.3 Å². The fourth-order valence-corrected chi connectivity index (χ4v) is 4.92. The van der Waals surface area contributed by atoms with Crippen molar-refractivity contribution in [1.82, 2.24) is 4.90 Å². The summed E-state index contributed by atoms with van der Waals surface area (Å²) in [5.74, 6) is -0.512. The number of hydrogen-bond acceptors (Lipinski definition) is 5. The molecular formula is C22H23N3O4S. The van der Waals surface area contributed by atoms with E-state index in [2.05, 4.69) is 9.71 Å². The molecule has 4 rings (SSSR count). The van der Waals surface area contributed by atoms with E-state index in [1.165, 1.54) is 6.07 Å². The smallest absolute Gasteiger partial charge is 0.286 e. The van der Waals surface area contributed by atoms with Gasteiger partial charge in [-0.3, -0.25) is 4.79 Å². The molecule has 2 heterocycles. The molecule has 0 radical (unpaired) electrons. The lowest BCUT2D eigenvalue weighted by atomic mass is 10.0. The first-order chi connectivity index (χ1) is 14.3. The Morgan fingerprint density at radius 3 is 2.47 bits per heavy atom. The fraction of sp³-hybridized carbons (Fsp3) is 0.273. The van der Waals surface area contributed by atoms with Crippen LogP contribution in [-0.2, 0) is 21.4 Å². The molecule has 0 aromatic heterocycles. The summed E-state index contributed by atoms with van der Waals surface area (Å²) in [7, 11) is -3.98. The molecule has 0 saturated heterocycles. The minimum Gasteiger partial charge on any atom is -0.509 e. The summed E-state index contributed by atoms with van der Waals surface area (Å²) in [5, 5.41) is 13.9. The molecule has 1 atom stereocenters. The van der Waals surface area contributed by atoms with Crippen molar-refractivity contribution in [3.63, 3.8) is 0 Å². The molecule has 2 aromatic carbocycles. The molecule has 7 nitrogen and oxygen atoms in total. The van der Waals surface area contributed by atoms with E-state index >= 15 is 0 Å². The molecule has 2 N–H and O–H groups in total. The zero-order chi connectivity index (χ0) is 21.5. The fourth-order valence-electron chi connectivity index (χ4n) is 3.80. The number of amidine groups is 1. The highest BCUT2D eigenvalue weighted by Crippen LogP contribution is 2.34. The highest BCUT2D eigenvalue weighted by atomic mass is 32.2. The third kappa shape index (κ3) is 3.59. The standard InChI is InChI=1S/C22H23N3O4S/c1-14(2)12-17-20(26)19(22(27)25(17)13-15-8-4-3-5-9-15)21-23-16-10-6-7-11-18(16)30(28,29)24-21/h3-11,14,17,26H,12-13H2,1-2H3,(H,23,24). The number of rotatable bonds is 5. The number of fused-ring (bicyclic) bond motifs is 1. The Morgan fingerprint density at radius 2 is 1.77 bits per heavy atom. The molecule has 156 valence electrons. The van der Waals surface area contributed by atoms with Gasteiger partial charge in [-0.15, -0.1) is 4.40 Å². The van der Waals surface area contributed by atoms with E-state index in [4.69, 9.17) is 0 Å². The third-order valence-corrected chi connectivity index (χ3v) is 6.51. The SMILES string of the molecule is CC(C)CC1C(O)=C(C2=NS(=O)(=O)c3ccccc3N2)C(=O)N1Cc1ccccc1. The van der Waals surface area contributed by atoms with E-state index in [0.717, 1.165) is 5.56 Å². The van der Waals surface area contributed by atoms with Crippen molar-refractivity contribution >= 4 is 27.5 Å². The number of aliphatic hydroxyl groups is 1. The second kappa shape index (κ2) is 7.60. The van der Waals surface area contributed by atoms with Gasteiger partial charge in [-0.25, -0.2) is 0 Å². The molecule has 0 saturated carbocycles. The van der Waals surface area contributed by atoms with Crippen molar-refractivity contribution in [2.24, 2.45) is 10.3 Å². The maximum absolute atomic E-state index is 13.3. The summed E-state index contributed by atoms with van der Waals surface area (Å²) in [6.07, 6.45) is 0.546. The van der Waals surface area contributed by atoms with Crippen LogP contribution in [0, 0.1) is 5.92 Å². The number of anilines is 1. The Morgan fingerprint density at radius 1 is 1.10 bits per heavy atom. The summed E-state index contributed by atoms with van der Waals surface area (Å²) in [6.45, 7) is 4.32. The summed E-state index contributed by atoms with van der Waals surface area (Å²) in [5.41, 5.74) is 1.16. The first-order valence-electron chi connectivity index (χ1n) is 9.77. The van der Waals surface area contributed by atoms with Crippen LogP contribution in [0.4, 0.5) is 5.69 Å². The van der Waals surface area contributed by atoms with Gasteiger partial charge in [0.15, 0.2) is 5.84 Å².